The SMILES string of the molecule is CON(C(=O)OCC(Cl)(Cl)Cl)c1cc(C(O)C(F)(F)F)cc(C2(C)CCC2)c1. The number of hydroxylamine groups is 1. The Labute approximate surface area is 175 Å². The van der Waals surface area contributed by atoms with Crippen LogP contribution < -0.4 is 5.06 Å². The molecule has 5 nitrogen and oxygen atoms in total. The number of aliphatic hydroxyl groups is 1. The number of anilines is 1. The van der Waals surface area contributed by atoms with Gasteiger partial charge in [-0.15, -0.1) is 0 Å². The van der Waals surface area contributed by atoms with Crippen molar-refractivity contribution in [3.05, 3.63) is 29.3 Å². The highest BCUT2D eigenvalue weighted by atomic mass is 35.6. The third-order valence-electron chi connectivity index (χ3n) is 4.66. The third-order valence-corrected chi connectivity index (χ3v) is 4.99. The van der Waals surface area contributed by atoms with E-state index in [1.807, 2.05) is 6.92 Å². The van der Waals surface area contributed by atoms with Crippen molar-refractivity contribution in [2.24, 2.45) is 0 Å². The molecule has 1 aliphatic carbocycles. The molecule has 11 heteroatoms. The van der Waals surface area contributed by atoms with Gasteiger partial charge in [0.25, 0.3) is 0 Å². The standard InChI is InChI=1S/C17H19Cl3F3NO4/c1-15(4-3-5-15)11-6-10(13(25)17(21,22)23)7-12(8-11)24(27-2)14(26)28-9-16(18,19)20/h6-8,13,25H,3-5,9H2,1-2H3. The smallest absolute Gasteiger partial charge is 0.438 e. The van der Waals surface area contributed by atoms with Crippen LogP contribution in [0, 0.1) is 0 Å². The van der Waals surface area contributed by atoms with Crippen LogP contribution in [-0.2, 0) is 15.0 Å². The summed E-state index contributed by atoms with van der Waals surface area (Å²) in [5.74, 6) is 0. The number of carbonyl (C=O) groups is 1. The van der Waals surface area contributed by atoms with Crippen molar-refractivity contribution in [1.82, 2.24) is 0 Å². The topological polar surface area (TPSA) is 59.0 Å². The minimum absolute atomic E-state index is 0.0410. The van der Waals surface area contributed by atoms with E-state index in [2.05, 4.69) is 0 Å². The average molecular weight is 465 g/mol. The molecule has 0 saturated heterocycles. The lowest BCUT2D eigenvalue weighted by Crippen LogP contribution is -2.34. The fourth-order valence-electron chi connectivity index (χ4n) is 2.93. The molecule has 1 aromatic rings. The summed E-state index contributed by atoms with van der Waals surface area (Å²) in [5.41, 5.74) is -0.271. The summed E-state index contributed by atoms with van der Waals surface area (Å²) < 4.78 is 42.1. The van der Waals surface area contributed by atoms with E-state index in [9.17, 15) is 23.1 Å². The van der Waals surface area contributed by atoms with Crippen LogP contribution in [0.2, 0.25) is 0 Å². The van der Waals surface area contributed by atoms with Gasteiger partial charge in [0.2, 0.25) is 3.79 Å². The zero-order valence-electron chi connectivity index (χ0n) is 15.0. The zero-order valence-corrected chi connectivity index (χ0v) is 17.3. The van der Waals surface area contributed by atoms with Crippen LogP contribution in [0.15, 0.2) is 18.2 Å². The van der Waals surface area contributed by atoms with Crippen LogP contribution in [0.5, 0.6) is 0 Å². The first-order chi connectivity index (χ1) is 12.8. The molecule has 158 valence electrons. The molecule has 2 rings (SSSR count). The number of hydrogen-bond acceptors (Lipinski definition) is 4. The highest BCUT2D eigenvalue weighted by molar-refractivity contribution is 6.67. The Morgan fingerprint density at radius 2 is 1.89 bits per heavy atom. The molecule has 1 amide bonds. The predicted octanol–water partition coefficient (Wildman–Crippen LogP) is 5.60. The van der Waals surface area contributed by atoms with E-state index in [0.29, 0.717) is 10.6 Å². The Hall–Kier alpha value is -0.930. The first-order valence-electron chi connectivity index (χ1n) is 8.25. The Balaban J connectivity index is 2.42. The minimum atomic E-state index is -4.87. The van der Waals surface area contributed by atoms with Crippen molar-refractivity contribution in [1.29, 1.82) is 0 Å². The number of benzene rings is 1. The molecule has 1 unspecified atom stereocenters. The fraction of sp³-hybridized carbons (Fsp3) is 0.588. The molecule has 1 N–H and O–H groups in total. The summed E-state index contributed by atoms with van der Waals surface area (Å²) in [7, 11) is 1.13. The van der Waals surface area contributed by atoms with Gasteiger partial charge in [-0.3, -0.25) is 4.84 Å². The molecule has 1 fully saturated rings. The fourth-order valence-corrected chi connectivity index (χ4v) is 3.09. The largest absolute Gasteiger partial charge is 0.443 e. The Bertz CT molecular complexity index is 721. The maximum absolute atomic E-state index is 13.1. The van der Waals surface area contributed by atoms with Gasteiger partial charge in [0, 0.05) is 0 Å². The van der Waals surface area contributed by atoms with Crippen LogP contribution in [0.1, 0.15) is 43.4 Å². The molecule has 0 heterocycles. The van der Waals surface area contributed by atoms with Gasteiger partial charge in [-0.25, -0.2) is 4.79 Å². The second-order valence-corrected chi connectivity index (χ2v) is 9.33. The maximum atomic E-state index is 13.1. The van der Waals surface area contributed by atoms with Gasteiger partial charge in [-0.05, 0) is 41.5 Å². The van der Waals surface area contributed by atoms with E-state index in [1.165, 1.54) is 12.1 Å². The van der Waals surface area contributed by atoms with Crippen molar-refractivity contribution >= 4 is 46.6 Å². The number of hydrogen-bond donors (Lipinski definition) is 1. The molecular formula is C17H19Cl3F3NO4. The number of nitrogens with zero attached hydrogens (tertiary/aromatic N) is 1. The number of rotatable bonds is 5. The summed E-state index contributed by atoms with van der Waals surface area (Å²) in [5, 5.41) is 10.3. The Morgan fingerprint density at radius 1 is 1.29 bits per heavy atom. The number of amides is 1. The molecule has 1 saturated carbocycles. The van der Waals surface area contributed by atoms with E-state index >= 15 is 0 Å². The van der Waals surface area contributed by atoms with Gasteiger partial charge in [-0.2, -0.15) is 18.2 Å². The zero-order chi connectivity index (χ0) is 21.3. The van der Waals surface area contributed by atoms with Crippen molar-refractivity contribution in [2.75, 3.05) is 18.8 Å². The Kier molecular flexibility index (Phi) is 7.04. The molecule has 28 heavy (non-hydrogen) atoms. The second kappa shape index (κ2) is 8.44. The van der Waals surface area contributed by atoms with Crippen molar-refractivity contribution in [3.63, 3.8) is 0 Å². The predicted molar refractivity (Wildman–Crippen MR) is 99.8 cm³/mol. The van der Waals surface area contributed by atoms with E-state index < -0.39 is 34.3 Å². The van der Waals surface area contributed by atoms with Gasteiger partial charge in [0.1, 0.15) is 6.61 Å². The van der Waals surface area contributed by atoms with Crippen molar-refractivity contribution in [3.8, 4) is 0 Å². The van der Waals surface area contributed by atoms with E-state index in [1.54, 1.807) is 0 Å². The molecule has 0 aromatic heterocycles. The van der Waals surface area contributed by atoms with Gasteiger partial charge >= 0.3 is 12.3 Å². The normalized spacial score (nSPS) is 17.6. The molecule has 1 aromatic carbocycles. The molecule has 0 aliphatic heterocycles. The van der Waals surface area contributed by atoms with Gasteiger partial charge in [0.05, 0.1) is 12.8 Å². The van der Waals surface area contributed by atoms with E-state index in [4.69, 9.17) is 44.4 Å². The van der Waals surface area contributed by atoms with Gasteiger partial charge < -0.3 is 9.84 Å². The molecule has 1 atom stereocenters. The van der Waals surface area contributed by atoms with Gasteiger partial charge in [0.15, 0.2) is 6.10 Å². The van der Waals surface area contributed by atoms with Crippen molar-refractivity contribution in [2.45, 2.75) is 47.7 Å². The average Bonchev–Trinajstić information content (AvgIpc) is 2.56. The Morgan fingerprint density at radius 3 is 2.32 bits per heavy atom. The summed E-state index contributed by atoms with van der Waals surface area (Å²) in [4.78, 5) is 17.2. The second-order valence-electron chi connectivity index (χ2n) is 6.82. The lowest BCUT2D eigenvalue weighted by molar-refractivity contribution is -0.206. The van der Waals surface area contributed by atoms with Crippen LogP contribution >= 0.6 is 34.8 Å². The molecule has 0 bridgehead atoms. The number of ether oxygens (including phenoxy) is 1. The quantitative estimate of drug-likeness (QED) is 0.455. The molecule has 0 radical (unpaired) electrons. The third kappa shape index (κ3) is 5.57. The molecule has 1 aliphatic rings. The summed E-state index contributed by atoms with van der Waals surface area (Å²) in [6.45, 7) is 1.31. The van der Waals surface area contributed by atoms with Gasteiger partial charge in [-0.1, -0.05) is 54.2 Å². The van der Waals surface area contributed by atoms with Crippen LogP contribution in [0.4, 0.5) is 23.7 Å². The minimum Gasteiger partial charge on any atom is -0.443 e. The highest BCUT2D eigenvalue weighted by Gasteiger charge is 2.41. The lowest BCUT2D eigenvalue weighted by Gasteiger charge is -2.40. The number of alkyl halides is 6. The van der Waals surface area contributed by atoms with E-state index in [-0.39, 0.29) is 11.1 Å². The number of aliphatic hydroxyl groups excluding tert-OH is 1. The van der Waals surface area contributed by atoms with Crippen LogP contribution in [0.3, 0.4) is 0 Å². The van der Waals surface area contributed by atoms with Crippen LogP contribution in [0.25, 0.3) is 0 Å². The highest BCUT2D eigenvalue weighted by Crippen LogP contribution is 2.46. The number of carbonyl (C=O) groups excluding carboxylic acids is 1. The summed E-state index contributed by atoms with van der Waals surface area (Å²) in [6.07, 6.45) is -6.21. The van der Waals surface area contributed by atoms with Crippen molar-refractivity contribution < 1.29 is 32.6 Å². The monoisotopic (exact) mass is 463 g/mol. The number of halogens is 6. The first-order valence-corrected chi connectivity index (χ1v) is 9.38. The van der Waals surface area contributed by atoms with Crippen LogP contribution in [-0.4, -0.2) is 34.9 Å². The molecule has 0 spiro atoms. The lowest BCUT2D eigenvalue weighted by atomic mass is 9.65. The summed E-state index contributed by atoms with van der Waals surface area (Å²) in [6, 6.07) is 3.82. The van der Waals surface area contributed by atoms with E-state index in [0.717, 1.165) is 32.4 Å². The first kappa shape index (κ1) is 23.3. The molecular weight excluding hydrogens is 446 g/mol. The maximum Gasteiger partial charge on any atom is 0.438 e. The summed E-state index contributed by atoms with van der Waals surface area (Å²) >= 11 is 16.6.